The number of hydrogen-bond acceptors (Lipinski definition) is 10. The van der Waals surface area contributed by atoms with Crippen LogP contribution in [0.2, 0.25) is 0 Å². The zero-order valence-corrected chi connectivity index (χ0v) is 18.9. The van der Waals surface area contributed by atoms with Gasteiger partial charge in [0.15, 0.2) is 0 Å². The van der Waals surface area contributed by atoms with Crippen molar-refractivity contribution < 1.29 is 29.5 Å². The van der Waals surface area contributed by atoms with Gasteiger partial charge in [-0.3, -0.25) is 26.2 Å². The maximum absolute atomic E-state index is 11.8. The first-order valence-electron chi connectivity index (χ1n) is 10.7. The normalized spacial score (nSPS) is 11.5. The van der Waals surface area contributed by atoms with Crippen molar-refractivity contribution in [3.05, 3.63) is 47.3 Å². The van der Waals surface area contributed by atoms with Gasteiger partial charge in [-0.05, 0) is 51.0 Å². The van der Waals surface area contributed by atoms with E-state index in [2.05, 4.69) is 21.6 Å². The summed E-state index contributed by atoms with van der Waals surface area (Å²) in [4.78, 5) is 23.4. The van der Waals surface area contributed by atoms with Crippen LogP contribution in [0.5, 0.6) is 0 Å². The van der Waals surface area contributed by atoms with Crippen molar-refractivity contribution in [2.75, 3.05) is 37.1 Å². The molecule has 0 spiro atoms. The largest absolute Gasteiger partial charge is 0.466 e. The average molecular weight is 451 g/mol. The lowest BCUT2D eigenvalue weighted by Crippen LogP contribution is -2.24. The molecule has 1 aromatic carbocycles. The average Bonchev–Trinajstić information content (AvgIpc) is 2.79. The Morgan fingerprint density at radius 3 is 2.34 bits per heavy atom. The molecule has 0 aliphatic heterocycles. The molecule has 10 heteroatoms. The number of anilines is 2. The number of carbonyl (C=O) groups excluding carboxylic acids is 2. The third kappa shape index (κ3) is 9.27. The van der Waals surface area contributed by atoms with E-state index in [1.165, 1.54) is 6.07 Å². The van der Waals surface area contributed by atoms with Gasteiger partial charge < -0.3 is 20.1 Å². The van der Waals surface area contributed by atoms with E-state index in [1.54, 1.807) is 32.1 Å². The van der Waals surface area contributed by atoms with E-state index >= 15 is 0 Å². The highest BCUT2D eigenvalue weighted by atomic mass is 16.5. The van der Waals surface area contributed by atoms with Gasteiger partial charge in [0.1, 0.15) is 0 Å². The molecule has 178 valence electrons. The monoisotopic (exact) mass is 450 g/mol. The van der Waals surface area contributed by atoms with E-state index in [4.69, 9.17) is 9.47 Å². The number of allylic oxidation sites excluding steroid dienone is 1. The minimum absolute atomic E-state index is 0.0414. The van der Waals surface area contributed by atoms with Gasteiger partial charge in [0.2, 0.25) is 0 Å². The topological polar surface area (TPSA) is 141 Å². The van der Waals surface area contributed by atoms with E-state index in [9.17, 15) is 20.0 Å². The van der Waals surface area contributed by atoms with E-state index < -0.39 is 5.97 Å². The summed E-state index contributed by atoms with van der Waals surface area (Å²) in [5.74, 6) is -0.832. The number of esters is 2. The minimum Gasteiger partial charge on any atom is -0.466 e. The molecule has 0 aliphatic carbocycles. The van der Waals surface area contributed by atoms with Gasteiger partial charge in [0.05, 0.1) is 48.0 Å². The maximum Gasteiger partial charge on any atom is 0.338 e. The molecule has 0 amide bonds. The number of carbonyl (C=O) groups is 2. The standard InChI is InChI=1S/C22H34N4O6/c1-4-8-17(19(25-29)11-12-21(27)31-5-2)23-13-7-14-24-18-10-9-16(15-20(18)26-30)22(28)32-6-3/h8-11,15,23-26,29-30H,4-7,12-14H2,1-3H3/b17-8+,19-11+. The van der Waals surface area contributed by atoms with Crippen LogP contribution in [-0.2, 0) is 14.3 Å². The van der Waals surface area contributed by atoms with Gasteiger partial charge >= 0.3 is 11.9 Å². The molecule has 0 fully saturated rings. The Hall–Kier alpha value is -3.24. The summed E-state index contributed by atoms with van der Waals surface area (Å²) in [6.45, 7) is 7.16. The van der Waals surface area contributed by atoms with Crippen LogP contribution in [0.4, 0.5) is 11.4 Å². The molecule has 0 atom stereocenters. The fourth-order valence-electron chi connectivity index (χ4n) is 2.77. The molecule has 32 heavy (non-hydrogen) atoms. The highest BCUT2D eigenvalue weighted by Crippen LogP contribution is 2.23. The van der Waals surface area contributed by atoms with Crippen LogP contribution in [0.1, 0.15) is 50.4 Å². The molecule has 0 radical (unpaired) electrons. The molecular weight excluding hydrogens is 416 g/mol. The number of ether oxygens (including phenoxy) is 2. The lowest BCUT2D eigenvalue weighted by atomic mass is 10.1. The third-order valence-corrected chi connectivity index (χ3v) is 4.23. The summed E-state index contributed by atoms with van der Waals surface area (Å²) < 4.78 is 9.85. The van der Waals surface area contributed by atoms with Gasteiger partial charge in [-0.15, -0.1) is 0 Å². The number of hydroxylamine groups is 1. The molecule has 0 aliphatic rings. The van der Waals surface area contributed by atoms with E-state index in [0.717, 1.165) is 6.42 Å². The van der Waals surface area contributed by atoms with Crippen molar-refractivity contribution in [2.24, 2.45) is 0 Å². The maximum atomic E-state index is 11.8. The Kier molecular flexibility index (Phi) is 13.0. The number of nitrogens with one attached hydrogen (secondary N) is 4. The molecule has 0 aromatic heterocycles. The molecule has 0 saturated heterocycles. The second-order valence-corrected chi connectivity index (χ2v) is 6.56. The van der Waals surface area contributed by atoms with E-state index in [-0.39, 0.29) is 19.0 Å². The fourth-order valence-corrected chi connectivity index (χ4v) is 2.77. The van der Waals surface area contributed by atoms with Gasteiger partial charge in [-0.25, -0.2) is 4.79 Å². The lowest BCUT2D eigenvalue weighted by molar-refractivity contribution is -0.142. The predicted octanol–water partition coefficient (Wildman–Crippen LogP) is 3.17. The summed E-state index contributed by atoms with van der Waals surface area (Å²) in [7, 11) is 0. The second-order valence-electron chi connectivity index (χ2n) is 6.56. The Bertz CT molecular complexity index is 795. The molecule has 1 aromatic rings. The van der Waals surface area contributed by atoms with E-state index in [1.807, 2.05) is 13.0 Å². The van der Waals surface area contributed by atoms with Crippen LogP contribution in [0, 0.1) is 0 Å². The summed E-state index contributed by atoms with van der Waals surface area (Å²) in [5, 5.41) is 25.2. The van der Waals surface area contributed by atoms with Crippen molar-refractivity contribution in [1.82, 2.24) is 10.8 Å². The summed E-state index contributed by atoms with van der Waals surface area (Å²) in [6.07, 6.45) is 4.95. The van der Waals surface area contributed by atoms with Crippen LogP contribution < -0.4 is 21.6 Å². The zero-order valence-electron chi connectivity index (χ0n) is 18.9. The van der Waals surface area contributed by atoms with Crippen molar-refractivity contribution in [1.29, 1.82) is 0 Å². The van der Waals surface area contributed by atoms with Crippen LogP contribution in [0.15, 0.2) is 41.7 Å². The smallest absolute Gasteiger partial charge is 0.338 e. The number of benzene rings is 1. The molecule has 0 heterocycles. The first-order chi connectivity index (χ1) is 15.5. The quantitative estimate of drug-likeness (QED) is 0.102. The van der Waals surface area contributed by atoms with Crippen molar-refractivity contribution in [3.63, 3.8) is 0 Å². The van der Waals surface area contributed by atoms with E-state index in [0.29, 0.717) is 54.4 Å². The Labute approximate surface area is 188 Å². The Morgan fingerprint density at radius 2 is 1.72 bits per heavy atom. The highest BCUT2D eigenvalue weighted by Gasteiger charge is 2.10. The summed E-state index contributed by atoms with van der Waals surface area (Å²) >= 11 is 0. The molecular formula is C22H34N4O6. The molecule has 0 saturated carbocycles. The molecule has 0 bridgehead atoms. The SMILES string of the molecule is CC/C=C(NCCCNc1ccc(C(=O)OCC)cc1NO)\C(=C/CC(=O)OCC)NO. The first kappa shape index (κ1) is 26.8. The zero-order chi connectivity index (χ0) is 23.8. The Balaban J connectivity index is 2.61. The lowest BCUT2D eigenvalue weighted by Gasteiger charge is -2.15. The summed E-state index contributed by atoms with van der Waals surface area (Å²) in [6, 6.07) is 4.82. The number of hydrogen-bond donors (Lipinski definition) is 6. The fraction of sp³-hybridized carbons (Fsp3) is 0.455. The predicted molar refractivity (Wildman–Crippen MR) is 122 cm³/mol. The molecule has 0 unspecified atom stereocenters. The summed E-state index contributed by atoms with van der Waals surface area (Å²) in [5.41, 5.74) is 6.62. The van der Waals surface area contributed by atoms with Crippen molar-refractivity contribution in [2.45, 2.75) is 40.0 Å². The van der Waals surface area contributed by atoms with Crippen LogP contribution in [0.3, 0.4) is 0 Å². The molecule has 1 rings (SSSR count). The highest BCUT2D eigenvalue weighted by molar-refractivity contribution is 5.92. The van der Waals surface area contributed by atoms with Crippen molar-refractivity contribution in [3.8, 4) is 0 Å². The Morgan fingerprint density at radius 1 is 0.969 bits per heavy atom. The van der Waals surface area contributed by atoms with Gasteiger partial charge in [-0.2, -0.15) is 0 Å². The minimum atomic E-state index is -0.459. The first-order valence-corrected chi connectivity index (χ1v) is 10.7. The molecule has 10 nitrogen and oxygen atoms in total. The third-order valence-electron chi connectivity index (χ3n) is 4.23. The van der Waals surface area contributed by atoms with Crippen molar-refractivity contribution >= 4 is 23.3 Å². The van der Waals surface area contributed by atoms with Crippen LogP contribution >= 0.6 is 0 Å². The van der Waals surface area contributed by atoms with Gasteiger partial charge in [0, 0.05) is 13.1 Å². The van der Waals surface area contributed by atoms with Crippen LogP contribution in [-0.4, -0.2) is 48.7 Å². The van der Waals surface area contributed by atoms with Crippen LogP contribution in [0.25, 0.3) is 0 Å². The second kappa shape index (κ2) is 15.5. The number of rotatable bonds is 15. The van der Waals surface area contributed by atoms with Gasteiger partial charge in [0.25, 0.3) is 0 Å². The molecule has 6 N–H and O–H groups in total. The van der Waals surface area contributed by atoms with Gasteiger partial charge in [-0.1, -0.05) is 13.0 Å².